The second-order valence-corrected chi connectivity index (χ2v) is 4.59. The van der Waals surface area contributed by atoms with E-state index in [1.165, 1.54) is 6.07 Å². The van der Waals surface area contributed by atoms with Gasteiger partial charge in [0.15, 0.2) is 0 Å². The van der Waals surface area contributed by atoms with E-state index in [9.17, 15) is 10.1 Å². The lowest BCUT2D eigenvalue weighted by Crippen LogP contribution is -2.33. The average Bonchev–Trinajstić information content (AvgIpc) is 2.75. The summed E-state index contributed by atoms with van der Waals surface area (Å²) in [6.07, 6.45) is 1.11. The molecule has 0 aromatic heterocycles. The third-order valence-electron chi connectivity index (χ3n) is 3.36. The smallest absolute Gasteiger partial charge is 0.271 e. The number of hydrogen-bond acceptors (Lipinski definition) is 4. The summed E-state index contributed by atoms with van der Waals surface area (Å²) >= 11 is 0. The zero-order chi connectivity index (χ0) is 12.4. The third-order valence-corrected chi connectivity index (χ3v) is 3.36. The third kappa shape index (κ3) is 2.55. The summed E-state index contributed by atoms with van der Waals surface area (Å²) in [5.41, 5.74) is 1.07. The summed E-state index contributed by atoms with van der Waals surface area (Å²) < 4.78 is 0. The van der Waals surface area contributed by atoms with E-state index >= 15 is 0 Å². The number of nitrogens with zero attached hydrogens (tertiary/aromatic N) is 3. The molecule has 0 N–H and O–H groups in total. The van der Waals surface area contributed by atoms with Crippen LogP contribution in [-0.2, 0) is 0 Å². The predicted molar refractivity (Wildman–Crippen MR) is 67.4 cm³/mol. The van der Waals surface area contributed by atoms with Crippen LogP contribution >= 0.6 is 0 Å². The lowest BCUT2D eigenvalue weighted by atomic mass is 10.2. The molecule has 1 aromatic rings. The Kier molecular flexibility index (Phi) is 3.28. The van der Waals surface area contributed by atoms with Crippen LogP contribution in [0.15, 0.2) is 24.3 Å². The molecule has 1 aliphatic heterocycles. The molecule has 1 heterocycles. The van der Waals surface area contributed by atoms with Crippen LogP contribution in [0.2, 0.25) is 0 Å². The van der Waals surface area contributed by atoms with Gasteiger partial charge in [-0.1, -0.05) is 6.07 Å². The number of likely N-dealkylation sites (tertiary alicyclic amines) is 1. The Hall–Kier alpha value is -1.62. The van der Waals surface area contributed by atoms with Gasteiger partial charge in [-0.05, 0) is 26.1 Å². The fraction of sp³-hybridized carbons (Fsp3) is 0.500. The van der Waals surface area contributed by atoms with E-state index in [0.717, 1.165) is 25.2 Å². The predicted octanol–water partition coefficient (Wildman–Crippen LogP) is 1.74. The van der Waals surface area contributed by atoms with Gasteiger partial charge in [-0.2, -0.15) is 0 Å². The van der Waals surface area contributed by atoms with E-state index in [-0.39, 0.29) is 10.6 Å². The zero-order valence-electron chi connectivity index (χ0n) is 10.2. The van der Waals surface area contributed by atoms with Crippen molar-refractivity contribution in [3.63, 3.8) is 0 Å². The lowest BCUT2D eigenvalue weighted by Gasteiger charge is -2.26. The van der Waals surface area contributed by atoms with E-state index in [2.05, 4.69) is 16.8 Å². The van der Waals surface area contributed by atoms with Crippen LogP contribution in [0.4, 0.5) is 11.4 Å². The first-order valence-corrected chi connectivity index (χ1v) is 5.74. The molecule has 5 nitrogen and oxygen atoms in total. The first-order valence-electron chi connectivity index (χ1n) is 5.74. The molecule has 0 aliphatic carbocycles. The van der Waals surface area contributed by atoms with Crippen LogP contribution in [0.1, 0.15) is 6.42 Å². The van der Waals surface area contributed by atoms with Crippen molar-refractivity contribution < 1.29 is 4.92 Å². The molecule has 1 unspecified atom stereocenters. The molecule has 0 radical (unpaired) electrons. The number of anilines is 1. The van der Waals surface area contributed by atoms with Crippen molar-refractivity contribution in [1.29, 1.82) is 0 Å². The number of nitro benzene ring substituents is 1. The van der Waals surface area contributed by atoms with Crippen LogP contribution in [0.3, 0.4) is 0 Å². The molecule has 0 amide bonds. The van der Waals surface area contributed by atoms with Gasteiger partial charge in [-0.3, -0.25) is 10.1 Å². The minimum Gasteiger partial charge on any atom is -0.370 e. The Bertz CT molecular complexity index is 422. The van der Waals surface area contributed by atoms with Crippen molar-refractivity contribution in [3.8, 4) is 0 Å². The molecule has 1 aromatic carbocycles. The number of likely N-dealkylation sites (N-methyl/N-ethyl adjacent to an activating group) is 2. The van der Waals surface area contributed by atoms with E-state index < -0.39 is 0 Å². The number of rotatable bonds is 3. The summed E-state index contributed by atoms with van der Waals surface area (Å²) in [6.45, 7) is 2.10. The molecule has 5 heteroatoms. The quantitative estimate of drug-likeness (QED) is 0.591. The van der Waals surface area contributed by atoms with E-state index in [1.54, 1.807) is 12.1 Å². The van der Waals surface area contributed by atoms with Gasteiger partial charge >= 0.3 is 0 Å². The Balaban J connectivity index is 2.16. The van der Waals surface area contributed by atoms with Gasteiger partial charge in [0.2, 0.25) is 0 Å². The lowest BCUT2D eigenvalue weighted by molar-refractivity contribution is -0.384. The first kappa shape index (κ1) is 11.9. The van der Waals surface area contributed by atoms with Crippen LogP contribution in [0.25, 0.3) is 0 Å². The molecule has 1 atom stereocenters. The monoisotopic (exact) mass is 235 g/mol. The number of benzene rings is 1. The standard InChI is InChI=1S/C12H17N3O2/c1-13-7-6-12(9-13)14(2)10-4-3-5-11(8-10)15(16)17/h3-5,8,12H,6-7,9H2,1-2H3. The molecular weight excluding hydrogens is 218 g/mol. The highest BCUT2D eigenvalue weighted by molar-refractivity contribution is 5.53. The summed E-state index contributed by atoms with van der Waals surface area (Å²) in [6, 6.07) is 7.27. The normalized spacial score (nSPS) is 20.5. The first-order chi connectivity index (χ1) is 8.08. The molecule has 1 saturated heterocycles. The molecule has 0 saturated carbocycles. The van der Waals surface area contributed by atoms with Gasteiger partial charge in [0.25, 0.3) is 5.69 Å². The summed E-state index contributed by atoms with van der Waals surface area (Å²) in [5, 5.41) is 10.7. The second kappa shape index (κ2) is 4.71. The average molecular weight is 235 g/mol. The van der Waals surface area contributed by atoms with E-state index in [4.69, 9.17) is 0 Å². The van der Waals surface area contributed by atoms with Gasteiger partial charge in [-0.15, -0.1) is 0 Å². The van der Waals surface area contributed by atoms with Crippen LogP contribution in [0, 0.1) is 10.1 Å². The van der Waals surface area contributed by atoms with Gasteiger partial charge < -0.3 is 9.80 Å². The summed E-state index contributed by atoms with van der Waals surface area (Å²) in [4.78, 5) is 14.8. The second-order valence-electron chi connectivity index (χ2n) is 4.59. The highest BCUT2D eigenvalue weighted by Gasteiger charge is 2.24. The fourth-order valence-electron chi connectivity index (χ4n) is 2.26. The molecule has 1 aliphatic rings. The Morgan fingerprint density at radius 1 is 1.53 bits per heavy atom. The zero-order valence-corrected chi connectivity index (χ0v) is 10.2. The number of hydrogen-bond donors (Lipinski definition) is 0. The maximum absolute atomic E-state index is 10.7. The Morgan fingerprint density at radius 2 is 2.29 bits per heavy atom. The molecule has 0 spiro atoms. The van der Waals surface area contributed by atoms with Crippen molar-refractivity contribution >= 4 is 11.4 Å². The van der Waals surface area contributed by atoms with Crippen molar-refractivity contribution in [2.45, 2.75) is 12.5 Å². The highest BCUT2D eigenvalue weighted by Crippen LogP contribution is 2.24. The highest BCUT2D eigenvalue weighted by atomic mass is 16.6. The Labute approximate surface area is 101 Å². The SMILES string of the molecule is CN1CCC(N(C)c2cccc([N+](=O)[O-])c2)C1. The summed E-state index contributed by atoms with van der Waals surface area (Å²) in [5.74, 6) is 0. The molecule has 1 fully saturated rings. The minimum atomic E-state index is -0.349. The molecular formula is C12H17N3O2. The molecule has 92 valence electrons. The van der Waals surface area contributed by atoms with E-state index in [1.807, 2.05) is 13.1 Å². The fourth-order valence-corrected chi connectivity index (χ4v) is 2.26. The van der Waals surface area contributed by atoms with E-state index in [0.29, 0.717) is 6.04 Å². The topological polar surface area (TPSA) is 49.6 Å². The molecule has 2 rings (SSSR count). The largest absolute Gasteiger partial charge is 0.370 e. The maximum Gasteiger partial charge on any atom is 0.271 e. The molecule has 17 heavy (non-hydrogen) atoms. The number of nitro groups is 1. The van der Waals surface area contributed by atoms with Crippen molar-refractivity contribution in [2.24, 2.45) is 0 Å². The van der Waals surface area contributed by atoms with Crippen LogP contribution in [0.5, 0.6) is 0 Å². The van der Waals surface area contributed by atoms with Crippen LogP contribution in [-0.4, -0.2) is 43.0 Å². The van der Waals surface area contributed by atoms with Crippen molar-refractivity contribution in [2.75, 3.05) is 32.1 Å². The van der Waals surface area contributed by atoms with Gasteiger partial charge in [0.05, 0.1) is 4.92 Å². The van der Waals surface area contributed by atoms with Crippen molar-refractivity contribution in [3.05, 3.63) is 34.4 Å². The summed E-state index contributed by atoms with van der Waals surface area (Å²) in [7, 11) is 4.10. The van der Waals surface area contributed by atoms with Gasteiger partial charge in [-0.25, -0.2) is 0 Å². The Morgan fingerprint density at radius 3 is 2.88 bits per heavy atom. The number of non-ortho nitro benzene ring substituents is 1. The van der Waals surface area contributed by atoms with Crippen molar-refractivity contribution in [1.82, 2.24) is 4.90 Å². The maximum atomic E-state index is 10.7. The van der Waals surface area contributed by atoms with Gasteiger partial charge in [0.1, 0.15) is 0 Å². The molecule has 0 bridgehead atoms. The van der Waals surface area contributed by atoms with Gasteiger partial charge in [0, 0.05) is 37.5 Å². The van der Waals surface area contributed by atoms with Crippen LogP contribution < -0.4 is 4.90 Å². The minimum absolute atomic E-state index is 0.153.